The van der Waals surface area contributed by atoms with Gasteiger partial charge in [0.15, 0.2) is 0 Å². The SMILES string of the molecule is CCOC(=O)c1ccc2c(c1)c1c3n2CCNC3CCC1.CS(=O)(=O)O. The van der Waals surface area contributed by atoms with Crippen LogP contribution in [-0.2, 0) is 27.8 Å². The molecule has 2 aromatic rings. The molecular weight excluding hydrogens is 356 g/mol. The molecule has 0 radical (unpaired) electrons. The molecule has 0 saturated carbocycles. The van der Waals surface area contributed by atoms with Gasteiger partial charge in [0, 0.05) is 35.7 Å². The maximum absolute atomic E-state index is 12.0. The van der Waals surface area contributed by atoms with Crippen molar-refractivity contribution in [2.75, 3.05) is 19.4 Å². The first-order valence-electron chi connectivity index (χ1n) is 8.77. The van der Waals surface area contributed by atoms with Gasteiger partial charge in [-0.2, -0.15) is 8.42 Å². The summed E-state index contributed by atoms with van der Waals surface area (Å²) in [5.74, 6) is -0.221. The molecule has 26 heavy (non-hydrogen) atoms. The van der Waals surface area contributed by atoms with Crippen LogP contribution in [-0.4, -0.2) is 42.9 Å². The number of carbonyl (C=O) groups is 1. The fraction of sp³-hybridized carbons (Fsp3) is 0.500. The topological polar surface area (TPSA) is 97.6 Å². The van der Waals surface area contributed by atoms with Crippen LogP contribution in [0.3, 0.4) is 0 Å². The Labute approximate surface area is 153 Å². The zero-order chi connectivity index (χ0) is 18.9. The van der Waals surface area contributed by atoms with Gasteiger partial charge in [0.25, 0.3) is 10.1 Å². The Balaban J connectivity index is 0.000000349. The quantitative estimate of drug-likeness (QED) is 0.613. The Hall–Kier alpha value is -1.90. The summed E-state index contributed by atoms with van der Waals surface area (Å²) in [6.07, 6.45) is 4.26. The van der Waals surface area contributed by atoms with E-state index in [1.165, 1.54) is 35.0 Å². The van der Waals surface area contributed by atoms with Gasteiger partial charge in [-0.15, -0.1) is 0 Å². The molecule has 0 saturated heterocycles. The summed E-state index contributed by atoms with van der Waals surface area (Å²) in [6.45, 7) is 4.30. The lowest BCUT2D eigenvalue weighted by atomic mass is 9.90. The molecule has 0 fully saturated rings. The van der Waals surface area contributed by atoms with Gasteiger partial charge >= 0.3 is 5.97 Å². The minimum Gasteiger partial charge on any atom is -0.462 e. The number of aryl methyl sites for hydroxylation is 1. The van der Waals surface area contributed by atoms with Crippen LogP contribution in [0.4, 0.5) is 0 Å². The molecule has 7 nitrogen and oxygen atoms in total. The minimum absolute atomic E-state index is 0.221. The van der Waals surface area contributed by atoms with Gasteiger partial charge < -0.3 is 14.6 Å². The highest BCUT2D eigenvalue weighted by Crippen LogP contribution is 2.39. The first-order chi connectivity index (χ1) is 12.3. The number of nitrogens with one attached hydrogen (secondary N) is 1. The number of hydrogen-bond donors (Lipinski definition) is 2. The van der Waals surface area contributed by atoms with E-state index < -0.39 is 10.1 Å². The van der Waals surface area contributed by atoms with Gasteiger partial charge in [-0.3, -0.25) is 4.55 Å². The summed E-state index contributed by atoms with van der Waals surface area (Å²) in [6, 6.07) is 6.49. The van der Waals surface area contributed by atoms with Gasteiger partial charge in [0.05, 0.1) is 18.4 Å². The number of aromatic nitrogens is 1. The van der Waals surface area contributed by atoms with Gasteiger partial charge in [-0.25, -0.2) is 4.79 Å². The Morgan fingerprint density at radius 1 is 1.42 bits per heavy atom. The monoisotopic (exact) mass is 380 g/mol. The number of hydrogen-bond acceptors (Lipinski definition) is 5. The second-order valence-corrected chi connectivity index (χ2v) is 8.07. The van der Waals surface area contributed by atoms with E-state index in [0.717, 1.165) is 19.5 Å². The van der Waals surface area contributed by atoms with E-state index in [1.807, 2.05) is 19.1 Å². The number of esters is 1. The molecule has 1 aromatic heterocycles. The van der Waals surface area contributed by atoms with E-state index in [0.29, 0.717) is 24.5 Å². The second-order valence-electron chi connectivity index (χ2n) is 6.60. The summed E-state index contributed by atoms with van der Waals surface area (Å²) in [4.78, 5) is 12.0. The third-order valence-electron chi connectivity index (χ3n) is 4.70. The predicted molar refractivity (Wildman–Crippen MR) is 99.0 cm³/mol. The van der Waals surface area contributed by atoms with E-state index >= 15 is 0 Å². The maximum atomic E-state index is 12.0. The van der Waals surface area contributed by atoms with E-state index in [-0.39, 0.29) is 5.97 Å². The number of nitrogens with zero attached hydrogens (tertiary/aromatic N) is 1. The van der Waals surface area contributed by atoms with Crippen molar-refractivity contribution < 1.29 is 22.5 Å². The Bertz CT molecular complexity index is 923. The molecule has 0 amide bonds. The minimum atomic E-state index is -3.67. The summed E-state index contributed by atoms with van der Waals surface area (Å²) >= 11 is 0. The fourth-order valence-electron chi connectivity index (χ4n) is 3.86. The van der Waals surface area contributed by atoms with Crippen molar-refractivity contribution >= 4 is 27.0 Å². The molecule has 1 unspecified atom stereocenters. The highest BCUT2D eigenvalue weighted by Gasteiger charge is 2.30. The van der Waals surface area contributed by atoms with Crippen molar-refractivity contribution in [3.63, 3.8) is 0 Å². The molecule has 1 atom stereocenters. The fourth-order valence-corrected chi connectivity index (χ4v) is 3.86. The molecule has 8 heteroatoms. The normalized spacial score (nSPS) is 18.7. The smallest absolute Gasteiger partial charge is 0.338 e. The average Bonchev–Trinajstić information content (AvgIpc) is 2.90. The number of rotatable bonds is 2. The zero-order valence-corrected chi connectivity index (χ0v) is 15.8. The largest absolute Gasteiger partial charge is 0.462 e. The number of fused-ring (bicyclic) bond motifs is 3. The molecule has 0 spiro atoms. The van der Waals surface area contributed by atoms with E-state index in [4.69, 9.17) is 9.29 Å². The van der Waals surface area contributed by atoms with Crippen LogP contribution in [0.5, 0.6) is 0 Å². The van der Waals surface area contributed by atoms with Crippen LogP contribution in [0.1, 0.15) is 47.4 Å². The van der Waals surface area contributed by atoms with E-state index in [1.54, 1.807) is 0 Å². The third kappa shape index (κ3) is 3.92. The molecule has 1 aliphatic carbocycles. The highest BCUT2D eigenvalue weighted by molar-refractivity contribution is 7.85. The van der Waals surface area contributed by atoms with Gasteiger partial charge in [0.2, 0.25) is 0 Å². The standard InChI is InChI=1S/C17H20N2O2.CH4O3S/c1-2-21-17(20)11-6-7-15-13(10-11)12-4-3-5-14-16(12)19(15)9-8-18-14;1-5(2,3)4/h6-7,10,14,18H,2-5,8-9H2,1H3;1H3,(H,2,3,4). The average molecular weight is 380 g/mol. The van der Waals surface area contributed by atoms with Crippen molar-refractivity contribution in [2.45, 2.75) is 38.8 Å². The molecule has 1 aliphatic heterocycles. The van der Waals surface area contributed by atoms with Crippen molar-refractivity contribution in [3.8, 4) is 0 Å². The lowest BCUT2D eigenvalue weighted by Gasteiger charge is -2.31. The summed E-state index contributed by atoms with van der Waals surface area (Å²) < 4.78 is 33.4. The first kappa shape index (κ1) is 18.9. The summed E-state index contributed by atoms with van der Waals surface area (Å²) in [5.41, 5.74) is 4.81. The molecule has 2 N–H and O–H groups in total. The molecular formula is C18H24N2O5S. The van der Waals surface area contributed by atoms with Crippen LogP contribution >= 0.6 is 0 Å². The lowest BCUT2D eigenvalue weighted by molar-refractivity contribution is 0.0526. The van der Waals surface area contributed by atoms with Gasteiger partial charge in [0.1, 0.15) is 0 Å². The van der Waals surface area contributed by atoms with Crippen LogP contribution in [0.2, 0.25) is 0 Å². The zero-order valence-electron chi connectivity index (χ0n) is 15.0. The lowest BCUT2D eigenvalue weighted by Crippen LogP contribution is -2.35. The second kappa shape index (κ2) is 7.38. The molecule has 2 heterocycles. The molecule has 0 bridgehead atoms. The highest BCUT2D eigenvalue weighted by atomic mass is 32.2. The van der Waals surface area contributed by atoms with E-state index in [2.05, 4.69) is 16.0 Å². The van der Waals surface area contributed by atoms with Crippen molar-refractivity contribution in [2.24, 2.45) is 0 Å². The third-order valence-corrected chi connectivity index (χ3v) is 4.70. The summed E-state index contributed by atoms with van der Waals surface area (Å²) in [7, 11) is -3.67. The Morgan fingerprint density at radius 2 is 2.15 bits per heavy atom. The van der Waals surface area contributed by atoms with Crippen molar-refractivity contribution in [1.29, 1.82) is 0 Å². The number of ether oxygens (including phenoxy) is 1. The molecule has 1 aromatic carbocycles. The van der Waals surface area contributed by atoms with Crippen LogP contribution in [0.15, 0.2) is 18.2 Å². The van der Waals surface area contributed by atoms with Gasteiger partial charge in [-0.1, -0.05) is 0 Å². The summed E-state index contributed by atoms with van der Waals surface area (Å²) in [5, 5.41) is 4.86. The van der Waals surface area contributed by atoms with Gasteiger partial charge in [-0.05, 0) is 49.9 Å². The maximum Gasteiger partial charge on any atom is 0.338 e. The number of carbonyl (C=O) groups excluding carboxylic acids is 1. The Kier molecular flexibility index (Phi) is 5.36. The van der Waals surface area contributed by atoms with E-state index in [9.17, 15) is 13.2 Å². The van der Waals surface area contributed by atoms with Crippen molar-refractivity contribution in [1.82, 2.24) is 9.88 Å². The first-order valence-corrected chi connectivity index (χ1v) is 10.6. The molecule has 4 rings (SSSR count). The Morgan fingerprint density at radius 3 is 2.85 bits per heavy atom. The molecule has 2 aliphatic rings. The number of benzene rings is 1. The predicted octanol–water partition coefficient (Wildman–Crippen LogP) is 2.30. The van der Waals surface area contributed by atoms with Crippen LogP contribution in [0, 0.1) is 0 Å². The van der Waals surface area contributed by atoms with Crippen molar-refractivity contribution in [3.05, 3.63) is 35.0 Å². The van der Waals surface area contributed by atoms with Crippen LogP contribution in [0.25, 0.3) is 10.9 Å². The molecule has 142 valence electrons. The van der Waals surface area contributed by atoms with Crippen LogP contribution < -0.4 is 5.32 Å².